The first-order chi connectivity index (χ1) is 8.31. The Morgan fingerprint density at radius 2 is 2.00 bits per heavy atom. The third-order valence-corrected chi connectivity index (χ3v) is 3.32. The van der Waals surface area contributed by atoms with Crippen LogP contribution in [0.4, 0.5) is 0 Å². The summed E-state index contributed by atoms with van der Waals surface area (Å²) in [6, 6.07) is 0. The van der Waals surface area contributed by atoms with Crippen molar-refractivity contribution in [2.75, 3.05) is 26.7 Å². The lowest BCUT2D eigenvalue weighted by atomic mass is 9.97. The molecule has 0 heterocycles. The fourth-order valence-electron chi connectivity index (χ4n) is 1.68. The molecule has 0 amide bonds. The van der Waals surface area contributed by atoms with E-state index in [4.69, 9.17) is 0 Å². The Labute approximate surface area is 112 Å². The lowest BCUT2D eigenvalue weighted by molar-refractivity contribution is -0.144. The molecule has 1 atom stereocenters. The predicted molar refractivity (Wildman–Crippen MR) is 75.9 cm³/mol. The van der Waals surface area contributed by atoms with Crippen LogP contribution in [0.2, 0.25) is 0 Å². The van der Waals surface area contributed by atoms with Crippen LogP contribution in [-0.2, 0) is 4.79 Å². The topological polar surface area (TPSA) is 52.6 Å². The summed E-state index contributed by atoms with van der Waals surface area (Å²) >= 11 is 0. The van der Waals surface area contributed by atoms with Gasteiger partial charge in [-0.3, -0.25) is 4.79 Å². The van der Waals surface area contributed by atoms with E-state index in [1.165, 1.54) is 0 Å². The second-order valence-corrected chi connectivity index (χ2v) is 5.80. The third kappa shape index (κ3) is 6.97. The molecule has 0 bridgehead atoms. The van der Waals surface area contributed by atoms with Crippen molar-refractivity contribution in [3.05, 3.63) is 0 Å². The summed E-state index contributed by atoms with van der Waals surface area (Å²) in [5.41, 5.74) is -0.803. The van der Waals surface area contributed by atoms with Gasteiger partial charge in [0.05, 0.1) is 0 Å². The van der Waals surface area contributed by atoms with Crippen molar-refractivity contribution >= 4 is 5.97 Å². The van der Waals surface area contributed by atoms with Gasteiger partial charge in [-0.2, -0.15) is 0 Å². The van der Waals surface area contributed by atoms with Crippen LogP contribution >= 0.6 is 0 Å². The number of hydrogen-bond donors (Lipinski definition) is 2. The summed E-state index contributed by atoms with van der Waals surface area (Å²) < 4.78 is 0. The maximum atomic E-state index is 11.3. The quantitative estimate of drug-likeness (QED) is 0.631. The molecule has 4 nitrogen and oxygen atoms in total. The van der Waals surface area contributed by atoms with E-state index in [2.05, 4.69) is 31.1 Å². The summed E-state index contributed by atoms with van der Waals surface area (Å²) in [6.45, 7) is 10.8. The molecule has 4 heteroatoms. The minimum atomic E-state index is -0.803. The first-order valence-corrected chi connectivity index (χ1v) is 6.98. The molecule has 108 valence electrons. The van der Waals surface area contributed by atoms with E-state index >= 15 is 0 Å². The molecule has 0 radical (unpaired) electrons. The second-order valence-electron chi connectivity index (χ2n) is 5.80. The average molecular weight is 258 g/mol. The summed E-state index contributed by atoms with van der Waals surface area (Å²) in [5.74, 6) is -0.0651. The highest BCUT2D eigenvalue weighted by Crippen LogP contribution is 2.11. The largest absolute Gasteiger partial charge is 0.480 e. The zero-order chi connectivity index (χ0) is 14.2. The third-order valence-electron chi connectivity index (χ3n) is 3.32. The Kier molecular flexibility index (Phi) is 8.20. The first-order valence-electron chi connectivity index (χ1n) is 6.98. The Balaban J connectivity index is 4.14. The van der Waals surface area contributed by atoms with Gasteiger partial charge in [-0.1, -0.05) is 20.8 Å². The number of carboxylic acids is 1. The van der Waals surface area contributed by atoms with Gasteiger partial charge in [-0.25, -0.2) is 0 Å². The molecule has 0 aromatic heterocycles. The monoisotopic (exact) mass is 258 g/mol. The molecule has 1 unspecified atom stereocenters. The molecular weight excluding hydrogens is 228 g/mol. The Morgan fingerprint density at radius 3 is 2.44 bits per heavy atom. The first kappa shape index (κ1) is 17.4. The molecule has 0 aromatic rings. The van der Waals surface area contributed by atoms with Gasteiger partial charge in [0.1, 0.15) is 5.54 Å². The molecule has 0 saturated heterocycles. The predicted octanol–water partition coefficient (Wildman–Crippen LogP) is 2.20. The van der Waals surface area contributed by atoms with Crippen LogP contribution < -0.4 is 5.32 Å². The van der Waals surface area contributed by atoms with Crippen LogP contribution in [0.15, 0.2) is 0 Å². The van der Waals surface area contributed by atoms with Crippen LogP contribution in [0.1, 0.15) is 47.0 Å². The van der Waals surface area contributed by atoms with Crippen molar-refractivity contribution in [2.45, 2.75) is 52.5 Å². The van der Waals surface area contributed by atoms with E-state index in [1.54, 1.807) is 6.92 Å². The van der Waals surface area contributed by atoms with Gasteiger partial charge in [0.2, 0.25) is 0 Å². The number of nitrogens with zero attached hydrogens (tertiary/aromatic N) is 1. The van der Waals surface area contributed by atoms with Crippen LogP contribution in [0.25, 0.3) is 0 Å². The van der Waals surface area contributed by atoms with E-state index in [9.17, 15) is 9.90 Å². The van der Waals surface area contributed by atoms with Crippen molar-refractivity contribution in [1.29, 1.82) is 0 Å². The molecule has 0 rings (SSSR count). The molecular formula is C14H30N2O2. The Morgan fingerprint density at radius 1 is 1.39 bits per heavy atom. The maximum absolute atomic E-state index is 11.3. The van der Waals surface area contributed by atoms with Gasteiger partial charge in [0, 0.05) is 6.54 Å². The number of rotatable bonds is 10. The van der Waals surface area contributed by atoms with Crippen molar-refractivity contribution in [3.8, 4) is 0 Å². The SMILES string of the molecule is CCCNC(C)(CCN(C)CCC(C)C)C(=O)O. The molecule has 18 heavy (non-hydrogen) atoms. The van der Waals surface area contributed by atoms with Gasteiger partial charge in [-0.05, 0) is 52.2 Å². The zero-order valence-corrected chi connectivity index (χ0v) is 12.6. The van der Waals surface area contributed by atoms with Crippen LogP contribution in [0, 0.1) is 5.92 Å². The van der Waals surface area contributed by atoms with Crippen molar-refractivity contribution < 1.29 is 9.90 Å². The molecule has 0 spiro atoms. The summed E-state index contributed by atoms with van der Waals surface area (Å²) in [5, 5.41) is 12.4. The lowest BCUT2D eigenvalue weighted by Crippen LogP contribution is -2.51. The van der Waals surface area contributed by atoms with Gasteiger partial charge in [0.15, 0.2) is 0 Å². The number of aliphatic carboxylic acids is 1. The highest BCUT2D eigenvalue weighted by atomic mass is 16.4. The van der Waals surface area contributed by atoms with Crippen LogP contribution in [0.5, 0.6) is 0 Å². The number of hydrogen-bond acceptors (Lipinski definition) is 3. The smallest absolute Gasteiger partial charge is 0.323 e. The highest BCUT2D eigenvalue weighted by molar-refractivity contribution is 5.78. The van der Waals surface area contributed by atoms with Gasteiger partial charge >= 0.3 is 5.97 Å². The normalized spacial score (nSPS) is 15.1. The van der Waals surface area contributed by atoms with E-state index in [0.717, 1.165) is 32.5 Å². The summed E-state index contributed by atoms with van der Waals surface area (Å²) in [7, 11) is 2.06. The highest BCUT2D eigenvalue weighted by Gasteiger charge is 2.31. The molecule has 0 aliphatic heterocycles. The van der Waals surface area contributed by atoms with E-state index in [-0.39, 0.29) is 0 Å². The minimum Gasteiger partial charge on any atom is -0.480 e. The average Bonchev–Trinajstić information content (AvgIpc) is 2.30. The molecule has 0 saturated carbocycles. The van der Waals surface area contributed by atoms with Crippen LogP contribution in [-0.4, -0.2) is 48.2 Å². The Hall–Kier alpha value is -0.610. The summed E-state index contributed by atoms with van der Waals surface area (Å²) in [6.07, 6.45) is 2.74. The number of carbonyl (C=O) groups is 1. The van der Waals surface area contributed by atoms with Gasteiger partial charge in [0.25, 0.3) is 0 Å². The molecule has 0 aromatic carbocycles. The van der Waals surface area contributed by atoms with Gasteiger partial charge < -0.3 is 15.3 Å². The van der Waals surface area contributed by atoms with Crippen LogP contribution in [0.3, 0.4) is 0 Å². The van der Waals surface area contributed by atoms with Crippen molar-refractivity contribution in [1.82, 2.24) is 10.2 Å². The number of carboxylic acid groups (broad SMARTS) is 1. The fraction of sp³-hybridized carbons (Fsp3) is 0.929. The van der Waals surface area contributed by atoms with E-state index < -0.39 is 11.5 Å². The standard InChI is InChI=1S/C14H30N2O2/c1-6-9-15-14(4,13(17)18)8-11-16(5)10-7-12(2)3/h12,15H,6-11H2,1-5H3,(H,17,18). The van der Waals surface area contributed by atoms with Crippen molar-refractivity contribution in [2.24, 2.45) is 5.92 Å². The molecule has 0 aliphatic rings. The molecule has 2 N–H and O–H groups in total. The number of nitrogens with one attached hydrogen (secondary N) is 1. The summed E-state index contributed by atoms with van der Waals surface area (Å²) in [4.78, 5) is 13.5. The fourth-order valence-corrected chi connectivity index (χ4v) is 1.68. The molecule has 0 aliphatic carbocycles. The molecule has 0 fully saturated rings. The second kappa shape index (κ2) is 8.48. The van der Waals surface area contributed by atoms with Gasteiger partial charge in [-0.15, -0.1) is 0 Å². The van der Waals surface area contributed by atoms with E-state index in [0.29, 0.717) is 12.3 Å². The lowest BCUT2D eigenvalue weighted by Gasteiger charge is -2.29. The van der Waals surface area contributed by atoms with E-state index in [1.807, 2.05) is 6.92 Å². The zero-order valence-electron chi connectivity index (χ0n) is 12.6. The maximum Gasteiger partial charge on any atom is 0.323 e. The Bertz CT molecular complexity index is 244. The van der Waals surface area contributed by atoms with Crippen molar-refractivity contribution in [3.63, 3.8) is 0 Å². The minimum absolute atomic E-state index is 0.636.